The minimum absolute atomic E-state index is 0. The number of hydrogen-bond acceptors (Lipinski definition) is 4. The number of nitrogens with zero attached hydrogens (tertiary/aromatic N) is 3. The van der Waals surface area contributed by atoms with Crippen molar-refractivity contribution in [3.63, 3.8) is 0 Å². The summed E-state index contributed by atoms with van der Waals surface area (Å²) in [5, 5.41) is 10.9. The van der Waals surface area contributed by atoms with E-state index in [4.69, 9.17) is 9.47 Å². The van der Waals surface area contributed by atoms with Crippen molar-refractivity contribution in [1.29, 1.82) is 5.26 Å². The second-order valence-electron chi connectivity index (χ2n) is 6.38. The number of rotatable bonds is 6. The van der Waals surface area contributed by atoms with Gasteiger partial charge < -0.3 is 18.9 Å². The molecule has 0 aliphatic heterocycles. The number of ether oxygens (including phenoxy) is 2. The Kier molecular flexibility index (Phi) is 6.73. The van der Waals surface area contributed by atoms with Gasteiger partial charge in [-0.15, -0.1) is 12.4 Å². The Morgan fingerprint density at radius 1 is 1.04 bits per heavy atom. The normalized spacial score (nSPS) is 10.5. The number of nitriles is 1. The van der Waals surface area contributed by atoms with Crippen LogP contribution in [0.1, 0.15) is 5.69 Å². The Balaban J connectivity index is 0.00000261. The molecule has 1 aromatic heterocycles. The fraction of sp³-hybridized carbons (Fsp3) is 0.286. The van der Waals surface area contributed by atoms with Crippen LogP contribution in [0.25, 0.3) is 22.0 Å². The summed E-state index contributed by atoms with van der Waals surface area (Å²) >= 11 is 0. The summed E-state index contributed by atoms with van der Waals surface area (Å²) < 4.78 is 13.0. The van der Waals surface area contributed by atoms with Gasteiger partial charge in [-0.25, -0.2) is 0 Å². The molecule has 0 amide bonds. The maximum atomic E-state index is 9.93. The third-order valence-corrected chi connectivity index (χ3v) is 4.51. The summed E-state index contributed by atoms with van der Waals surface area (Å²) in [6.45, 7) is 1.55. The van der Waals surface area contributed by atoms with Gasteiger partial charge >= 0.3 is 0 Å². The van der Waals surface area contributed by atoms with E-state index >= 15 is 0 Å². The standard InChI is InChI=1S/C21H23N3O2.ClH/c1-23(2)10-11-24-17-13-20(26-4)19(25-3)12-16(17)21(18(24)14-22)15-8-6-5-7-9-15;/h5-9,12-13H,10-11H2,1-4H3;1H. The summed E-state index contributed by atoms with van der Waals surface area (Å²) in [5.41, 5.74) is 3.58. The van der Waals surface area contributed by atoms with Crippen LogP contribution in [0.15, 0.2) is 42.5 Å². The molecule has 27 heavy (non-hydrogen) atoms. The molecular weight excluding hydrogens is 362 g/mol. The first-order valence-electron chi connectivity index (χ1n) is 8.49. The largest absolute Gasteiger partial charge is 0.493 e. The van der Waals surface area contributed by atoms with Crippen molar-refractivity contribution < 1.29 is 9.47 Å². The van der Waals surface area contributed by atoms with Gasteiger partial charge in [0.2, 0.25) is 0 Å². The average molecular weight is 386 g/mol. The van der Waals surface area contributed by atoms with Crippen molar-refractivity contribution in [2.45, 2.75) is 6.54 Å². The minimum atomic E-state index is 0. The van der Waals surface area contributed by atoms with Crippen molar-refractivity contribution in [2.75, 3.05) is 34.9 Å². The molecule has 0 radical (unpaired) electrons. The lowest BCUT2D eigenvalue weighted by Gasteiger charge is -2.13. The van der Waals surface area contributed by atoms with Gasteiger partial charge in [0.25, 0.3) is 0 Å². The fourth-order valence-corrected chi connectivity index (χ4v) is 3.22. The van der Waals surface area contributed by atoms with Crippen molar-refractivity contribution in [3.8, 4) is 28.7 Å². The third-order valence-electron chi connectivity index (χ3n) is 4.51. The fourth-order valence-electron chi connectivity index (χ4n) is 3.22. The van der Waals surface area contributed by atoms with Crippen molar-refractivity contribution in [3.05, 3.63) is 48.2 Å². The molecule has 0 unspecified atom stereocenters. The zero-order valence-corrected chi connectivity index (χ0v) is 16.8. The summed E-state index contributed by atoms with van der Waals surface area (Å²) in [6.07, 6.45) is 0. The van der Waals surface area contributed by atoms with E-state index < -0.39 is 0 Å². The molecule has 3 aromatic rings. The number of likely N-dealkylation sites (N-methyl/N-ethyl adjacent to an activating group) is 1. The monoisotopic (exact) mass is 385 g/mol. The molecule has 5 nitrogen and oxygen atoms in total. The summed E-state index contributed by atoms with van der Waals surface area (Å²) in [5.74, 6) is 1.32. The molecule has 0 spiro atoms. The lowest BCUT2D eigenvalue weighted by molar-refractivity contribution is 0.355. The Hall–Kier alpha value is -2.68. The maximum absolute atomic E-state index is 9.93. The first kappa shape index (κ1) is 20.6. The lowest BCUT2D eigenvalue weighted by Crippen LogP contribution is -2.19. The Morgan fingerprint density at radius 3 is 2.22 bits per heavy atom. The van der Waals surface area contributed by atoms with Gasteiger partial charge in [-0.05, 0) is 25.7 Å². The Labute approximate surface area is 166 Å². The topological polar surface area (TPSA) is 50.4 Å². The highest BCUT2D eigenvalue weighted by molar-refractivity contribution is 6.01. The van der Waals surface area contributed by atoms with Crippen LogP contribution in [-0.4, -0.2) is 44.3 Å². The van der Waals surface area contributed by atoms with Crippen LogP contribution < -0.4 is 9.47 Å². The number of aromatic nitrogens is 1. The Morgan fingerprint density at radius 2 is 1.67 bits per heavy atom. The van der Waals surface area contributed by atoms with Crippen LogP contribution in [0, 0.1) is 11.3 Å². The molecule has 3 rings (SSSR count). The lowest BCUT2D eigenvalue weighted by atomic mass is 10.0. The molecule has 1 heterocycles. The van der Waals surface area contributed by atoms with Gasteiger partial charge in [-0.2, -0.15) is 5.26 Å². The first-order chi connectivity index (χ1) is 12.6. The molecule has 0 saturated carbocycles. The van der Waals surface area contributed by atoms with Crippen molar-refractivity contribution >= 4 is 23.3 Å². The molecule has 0 N–H and O–H groups in total. The molecule has 0 saturated heterocycles. The van der Waals surface area contributed by atoms with Crippen LogP contribution in [-0.2, 0) is 6.54 Å². The zero-order chi connectivity index (χ0) is 18.7. The predicted octanol–water partition coefficient (Wildman–Crippen LogP) is 4.18. The predicted molar refractivity (Wildman–Crippen MR) is 111 cm³/mol. The highest BCUT2D eigenvalue weighted by atomic mass is 35.5. The van der Waals surface area contributed by atoms with Gasteiger partial charge in [0.15, 0.2) is 11.5 Å². The van der Waals surface area contributed by atoms with E-state index in [-0.39, 0.29) is 12.4 Å². The Bertz CT molecular complexity index is 959. The quantitative estimate of drug-likeness (QED) is 0.638. The van der Waals surface area contributed by atoms with Gasteiger partial charge in [-0.3, -0.25) is 0 Å². The van der Waals surface area contributed by atoms with Gasteiger partial charge in [-0.1, -0.05) is 30.3 Å². The number of methoxy groups -OCH3 is 2. The molecule has 0 fully saturated rings. The molecular formula is C21H24ClN3O2. The number of fused-ring (bicyclic) bond motifs is 1. The number of halogens is 1. The highest BCUT2D eigenvalue weighted by Gasteiger charge is 2.21. The van der Waals surface area contributed by atoms with Crippen LogP contribution in [0.3, 0.4) is 0 Å². The van der Waals surface area contributed by atoms with Gasteiger partial charge in [0, 0.05) is 30.1 Å². The van der Waals surface area contributed by atoms with E-state index in [9.17, 15) is 5.26 Å². The van der Waals surface area contributed by atoms with Gasteiger partial charge in [0.1, 0.15) is 11.8 Å². The highest BCUT2D eigenvalue weighted by Crippen LogP contribution is 2.40. The molecule has 0 atom stereocenters. The minimum Gasteiger partial charge on any atom is -0.493 e. The molecule has 0 aliphatic carbocycles. The van der Waals surface area contributed by atoms with Crippen LogP contribution in [0.2, 0.25) is 0 Å². The molecule has 2 aromatic carbocycles. The number of hydrogen-bond donors (Lipinski definition) is 0. The van der Waals surface area contributed by atoms with E-state index in [1.165, 1.54) is 0 Å². The maximum Gasteiger partial charge on any atom is 0.162 e. The molecule has 142 valence electrons. The second-order valence-corrected chi connectivity index (χ2v) is 6.38. The van der Waals surface area contributed by atoms with E-state index in [1.807, 2.05) is 56.6 Å². The van der Waals surface area contributed by atoms with Crippen molar-refractivity contribution in [1.82, 2.24) is 9.47 Å². The van der Waals surface area contributed by atoms with E-state index in [2.05, 4.69) is 15.5 Å². The third kappa shape index (κ3) is 3.87. The summed E-state index contributed by atoms with van der Waals surface area (Å²) in [4.78, 5) is 2.11. The van der Waals surface area contributed by atoms with Crippen LogP contribution >= 0.6 is 12.4 Å². The van der Waals surface area contributed by atoms with Crippen LogP contribution in [0.4, 0.5) is 0 Å². The van der Waals surface area contributed by atoms with Crippen LogP contribution in [0.5, 0.6) is 11.5 Å². The summed E-state index contributed by atoms with van der Waals surface area (Å²) in [7, 11) is 7.30. The first-order valence-corrected chi connectivity index (χ1v) is 8.49. The number of benzene rings is 2. The molecule has 0 aliphatic rings. The van der Waals surface area contributed by atoms with Crippen molar-refractivity contribution in [2.24, 2.45) is 0 Å². The second kappa shape index (κ2) is 8.81. The molecule has 0 bridgehead atoms. The van der Waals surface area contributed by atoms with E-state index in [0.29, 0.717) is 23.7 Å². The van der Waals surface area contributed by atoms with E-state index in [0.717, 1.165) is 28.6 Å². The summed E-state index contributed by atoms with van der Waals surface area (Å²) in [6, 6.07) is 16.3. The smallest absolute Gasteiger partial charge is 0.162 e. The van der Waals surface area contributed by atoms with E-state index in [1.54, 1.807) is 14.2 Å². The molecule has 6 heteroatoms. The SMILES string of the molecule is COc1cc2c(-c3ccccc3)c(C#N)n(CCN(C)C)c2cc1OC.Cl. The average Bonchev–Trinajstić information content (AvgIpc) is 2.98. The zero-order valence-electron chi connectivity index (χ0n) is 16.0. The van der Waals surface area contributed by atoms with Gasteiger partial charge in [0.05, 0.1) is 19.7 Å².